The van der Waals surface area contributed by atoms with Crippen molar-refractivity contribution in [3.8, 4) is 6.07 Å². The molecule has 0 aliphatic heterocycles. The van der Waals surface area contributed by atoms with Gasteiger partial charge in [-0.05, 0) is 18.6 Å². The van der Waals surface area contributed by atoms with Gasteiger partial charge in [0, 0.05) is 0 Å². The molecule has 0 amide bonds. The molecular weight excluding hydrogens is 281 g/mol. The Morgan fingerprint density at radius 2 is 1.95 bits per heavy atom. The van der Waals surface area contributed by atoms with E-state index < -0.39 is 33.6 Å². The fourth-order valence-corrected chi connectivity index (χ4v) is 2.80. The van der Waals surface area contributed by atoms with Gasteiger partial charge in [0.05, 0.1) is 17.4 Å². The molecule has 1 aromatic carbocycles. The highest BCUT2D eigenvalue weighted by atomic mass is 32.2. The number of alkyl halides is 3. The lowest BCUT2D eigenvalue weighted by Gasteiger charge is -2.13. The minimum atomic E-state index is -4.62. The molecule has 1 N–H and O–H groups in total. The van der Waals surface area contributed by atoms with E-state index in [0.717, 1.165) is 12.1 Å². The van der Waals surface area contributed by atoms with Crippen LogP contribution in [0.1, 0.15) is 18.1 Å². The Bertz CT molecular complexity index is 591. The van der Waals surface area contributed by atoms with Crippen molar-refractivity contribution in [2.45, 2.75) is 24.9 Å². The van der Waals surface area contributed by atoms with Gasteiger partial charge in [0.25, 0.3) is 0 Å². The Kier molecular flexibility index (Phi) is 4.55. The Morgan fingerprint density at radius 3 is 2.47 bits per heavy atom. The molecule has 0 heterocycles. The number of nitrogens with zero attached hydrogens (tertiary/aromatic N) is 1. The normalized spacial score (nSPS) is 13.8. The maximum atomic E-state index is 12.7. The van der Waals surface area contributed by atoms with E-state index in [0.29, 0.717) is 0 Å². The van der Waals surface area contributed by atoms with Crippen LogP contribution in [-0.2, 0) is 22.0 Å². The summed E-state index contributed by atoms with van der Waals surface area (Å²) in [6.45, 7) is 1.30. The molecular formula is C11H11F3N2O2S. The minimum absolute atomic E-state index is 0.354. The van der Waals surface area contributed by atoms with E-state index in [4.69, 9.17) is 5.26 Å². The smallest absolute Gasteiger partial charge is 0.212 e. The Morgan fingerprint density at radius 1 is 1.37 bits per heavy atom. The van der Waals surface area contributed by atoms with Crippen LogP contribution in [-0.4, -0.2) is 14.5 Å². The van der Waals surface area contributed by atoms with Gasteiger partial charge in [0.15, 0.2) is 0 Å². The van der Waals surface area contributed by atoms with Crippen molar-refractivity contribution in [2.24, 2.45) is 0 Å². The third kappa shape index (κ3) is 4.54. The summed E-state index contributed by atoms with van der Waals surface area (Å²) >= 11 is 0. The van der Waals surface area contributed by atoms with Crippen molar-refractivity contribution < 1.29 is 21.6 Å². The standard InChI is InChI=1S/C11H11F3N2O2S/c1-8(6-15)16-19(17,18)7-9-4-2-3-5-10(9)11(12,13)14/h2-5,8,16H,7H2,1H3/t8-/m1/s1. The monoisotopic (exact) mass is 292 g/mol. The summed E-state index contributed by atoms with van der Waals surface area (Å²) in [5, 5.41) is 8.49. The predicted molar refractivity (Wildman–Crippen MR) is 62.3 cm³/mol. The maximum Gasteiger partial charge on any atom is 0.416 e. The number of rotatable bonds is 4. The highest BCUT2D eigenvalue weighted by Crippen LogP contribution is 2.32. The topological polar surface area (TPSA) is 70.0 Å². The lowest BCUT2D eigenvalue weighted by atomic mass is 10.1. The number of nitrogens with one attached hydrogen (secondary N) is 1. The average molecular weight is 292 g/mol. The summed E-state index contributed by atoms with van der Waals surface area (Å²) in [6, 6.07) is 5.07. The summed E-state index contributed by atoms with van der Waals surface area (Å²) in [5.41, 5.74) is -1.35. The molecule has 0 saturated carbocycles. The van der Waals surface area contributed by atoms with E-state index in [-0.39, 0.29) is 5.56 Å². The van der Waals surface area contributed by atoms with Crippen molar-refractivity contribution >= 4 is 10.0 Å². The molecule has 8 heteroatoms. The number of hydrogen-bond donors (Lipinski definition) is 1. The lowest BCUT2D eigenvalue weighted by molar-refractivity contribution is -0.138. The molecule has 19 heavy (non-hydrogen) atoms. The minimum Gasteiger partial charge on any atom is -0.212 e. The molecule has 0 unspecified atom stereocenters. The van der Waals surface area contributed by atoms with Gasteiger partial charge in [-0.25, -0.2) is 8.42 Å². The fraction of sp³-hybridized carbons (Fsp3) is 0.364. The molecule has 0 aliphatic rings. The molecule has 0 saturated heterocycles. The van der Waals surface area contributed by atoms with Crippen molar-refractivity contribution in [3.05, 3.63) is 35.4 Å². The maximum absolute atomic E-state index is 12.7. The largest absolute Gasteiger partial charge is 0.416 e. The van der Waals surface area contributed by atoms with Gasteiger partial charge in [-0.1, -0.05) is 18.2 Å². The van der Waals surface area contributed by atoms with Crippen molar-refractivity contribution in [2.75, 3.05) is 0 Å². The molecule has 0 radical (unpaired) electrons. The van der Waals surface area contributed by atoms with Crippen LogP contribution in [0.15, 0.2) is 24.3 Å². The lowest BCUT2D eigenvalue weighted by Crippen LogP contribution is -2.32. The third-order valence-electron chi connectivity index (χ3n) is 2.22. The summed E-state index contributed by atoms with van der Waals surface area (Å²) in [6.07, 6.45) is -4.62. The van der Waals surface area contributed by atoms with Crippen LogP contribution in [0.5, 0.6) is 0 Å². The van der Waals surface area contributed by atoms with Gasteiger partial charge >= 0.3 is 6.18 Å². The first kappa shape index (κ1) is 15.5. The third-order valence-corrected chi connectivity index (χ3v) is 3.62. The molecule has 0 fully saturated rings. The number of hydrogen-bond acceptors (Lipinski definition) is 3. The van der Waals surface area contributed by atoms with Gasteiger partial charge in [0.2, 0.25) is 10.0 Å². The van der Waals surface area contributed by atoms with Crippen LogP contribution in [0.25, 0.3) is 0 Å². The second-order valence-corrected chi connectivity index (χ2v) is 5.64. The van der Waals surface area contributed by atoms with Crippen LogP contribution in [0.4, 0.5) is 13.2 Å². The van der Waals surface area contributed by atoms with E-state index in [2.05, 4.69) is 0 Å². The van der Waals surface area contributed by atoms with Crippen molar-refractivity contribution in [1.82, 2.24) is 4.72 Å². The molecule has 104 valence electrons. The van der Waals surface area contributed by atoms with Crippen LogP contribution in [0, 0.1) is 11.3 Å². The number of nitriles is 1. The van der Waals surface area contributed by atoms with Gasteiger partial charge in [-0.3, -0.25) is 0 Å². The highest BCUT2D eigenvalue weighted by molar-refractivity contribution is 7.88. The van der Waals surface area contributed by atoms with E-state index in [1.807, 2.05) is 4.72 Å². The second-order valence-electron chi connectivity index (χ2n) is 3.88. The summed E-state index contributed by atoms with van der Waals surface area (Å²) in [4.78, 5) is 0. The molecule has 0 spiro atoms. The van der Waals surface area contributed by atoms with Gasteiger partial charge < -0.3 is 0 Å². The first-order chi connectivity index (χ1) is 8.65. The zero-order chi connectivity index (χ0) is 14.7. The Hall–Kier alpha value is -1.59. The van der Waals surface area contributed by atoms with Gasteiger partial charge in [-0.15, -0.1) is 0 Å². The molecule has 1 aromatic rings. The summed E-state index contributed by atoms with van der Waals surface area (Å²) in [5.74, 6) is -0.825. The molecule has 4 nitrogen and oxygen atoms in total. The molecule has 1 rings (SSSR count). The zero-order valence-corrected chi connectivity index (χ0v) is 10.7. The second kappa shape index (κ2) is 5.59. The number of benzene rings is 1. The van der Waals surface area contributed by atoms with Crippen LogP contribution >= 0.6 is 0 Å². The summed E-state index contributed by atoms with van der Waals surface area (Å²) in [7, 11) is -4.00. The van der Waals surface area contributed by atoms with E-state index >= 15 is 0 Å². The highest BCUT2D eigenvalue weighted by Gasteiger charge is 2.34. The predicted octanol–water partition coefficient (Wildman–Crippen LogP) is 2.04. The van der Waals surface area contributed by atoms with Crippen LogP contribution in [0.3, 0.4) is 0 Å². The Labute approximate surface area is 108 Å². The number of halogens is 3. The first-order valence-corrected chi connectivity index (χ1v) is 6.85. The van der Waals surface area contributed by atoms with Crippen LogP contribution in [0.2, 0.25) is 0 Å². The van der Waals surface area contributed by atoms with Crippen LogP contribution < -0.4 is 4.72 Å². The Balaban J connectivity index is 3.05. The van der Waals surface area contributed by atoms with E-state index in [1.54, 1.807) is 6.07 Å². The zero-order valence-electron chi connectivity index (χ0n) is 9.90. The van der Waals surface area contributed by atoms with Crippen molar-refractivity contribution in [3.63, 3.8) is 0 Å². The first-order valence-electron chi connectivity index (χ1n) is 5.20. The van der Waals surface area contributed by atoms with E-state index in [9.17, 15) is 21.6 Å². The quantitative estimate of drug-likeness (QED) is 0.923. The van der Waals surface area contributed by atoms with Gasteiger partial charge in [0.1, 0.15) is 6.04 Å². The molecule has 0 aliphatic carbocycles. The van der Waals surface area contributed by atoms with Crippen molar-refractivity contribution in [1.29, 1.82) is 5.26 Å². The SMILES string of the molecule is C[C@H](C#N)NS(=O)(=O)Cc1ccccc1C(F)(F)F. The average Bonchev–Trinajstić information content (AvgIpc) is 2.26. The van der Waals surface area contributed by atoms with E-state index in [1.165, 1.54) is 19.1 Å². The molecule has 1 atom stereocenters. The molecule has 0 bridgehead atoms. The molecule has 0 aromatic heterocycles. The van der Waals surface area contributed by atoms with Gasteiger partial charge in [-0.2, -0.15) is 23.2 Å². The fourth-order valence-electron chi connectivity index (χ4n) is 1.46. The number of sulfonamides is 1. The summed E-state index contributed by atoms with van der Waals surface area (Å²) < 4.78 is 63.3.